The second-order valence-electron chi connectivity index (χ2n) is 6.14. The minimum Gasteiger partial charge on any atom is -0.480 e. The zero-order valence-corrected chi connectivity index (χ0v) is 14.1. The van der Waals surface area contributed by atoms with Crippen LogP contribution in [0.2, 0.25) is 0 Å². The molecule has 0 aromatic rings. The lowest BCUT2D eigenvalue weighted by atomic mass is 10.0. The first kappa shape index (κ1) is 20.4. The van der Waals surface area contributed by atoms with Crippen molar-refractivity contribution in [3.8, 4) is 0 Å². The van der Waals surface area contributed by atoms with Gasteiger partial charge in [0.15, 0.2) is 5.25 Å². The van der Waals surface area contributed by atoms with Crippen molar-refractivity contribution in [1.82, 2.24) is 0 Å². The summed E-state index contributed by atoms with van der Waals surface area (Å²) in [4.78, 5) is 10.7. The van der Waals surface area contributed by atoms with Gasteiger partial charge in [-0.1, -0.05) is 71.6 Å². The smallest absolute Gasteiger partial charge is 0.324 e. The van der Waals surface area contributed by atoms with Gasteiger partial charge < -0.3 is 5.11 Å². The van der Waals surface area contributed by atoms with Gasteiger partial charge in [0.25, 0.3) is 10.1 Å². The maximum absolute atomic E-state index is 10.9. The third-order valence-corrected chi connectivity index (χ3v) is 4.79. The Labute approximate surface area is 128 Å². The lowest BCUT2D eigenvalue weighted by molar-refractivity contribution is -0.136. The summed E-state index contributed by atoms with van der Waals surface area (Å²) in [5.41, 5.74) is 0. The summed E-state index contributed by atoms with van der Waals surface area (Å²) in [5.74, 6) is -0.697. The number of hydrogen-bond donors (Lipinski definition) is 2. The molecule has 1 atom stereocenters. The van der Waals surface area contributed by atoms with Gasteiger partial charge in [0.1, 0.15) is 0 Å². The second-order valence-corrected chi connectivity index (χ2v) is 7.74. The van der Waals surface area contributed by atoms with Crippen LogP contribution in [0.5, 0.6) is 0 Å². The van der Waals surface area contributed by atoms with Gasteiger partial charge in [-0.3, -0.25) is 9.35 Å². The highest BCUT2D eigenvalue weighted by Gasteiger charge is 2.29. The van der Waals surface area contributed by atoms with E-state index in [9.17, 15) is 13.2 Å². The maximum atomic E-state index is 10.9. The van der Waals surface area contributed by atoms with Crippen LogP contribution in [0, 0.1) is 5.92 Å². The third-order valence-electron chi connectivity index (χ3n) is 3.63. The Morgan fingerprint density at radius 1 is 0.857 bits per heavy atom. The molecular weight excluding hydrogens is 292 g/mol. The number of hydrogen-bond acceptors (Lipinski definition) is 3. The molecule has 0 heterocycles. The Bertz CT molecular complexity index is 376. The van der Waals surface area contributed by atoms with Crippen molar-refractivity contribution in [3.05, 3.63) is 0 Å². The van der Waals surface area contributed by atoms with E-state index in [1.54, 1.807) is 0 Å². The highest BCUT2D eigenvalue weighted by Crippen LogP contribution is 2.15. The molecule has 0 aliphatic rings. The van der Waals surface area contributed by atoms with E-state index in [1.165, 1.54) is 32.1 Å². The lowest BCUT2D eigenvalue weighted by Gasteiger charge is -2.08. The molecule has 0 aliphatic heterocycles. The van der Waals surface area contributed by atoms with Crippen LogP contribution in [-0.2, 0) is 14.9 Å². The zero-order chi connectivity index (χ0) is 16.3. The molecular formula is C15H30O5S. The molecule has 0 aromatic carbocycles. The van der Waals surface area contributed by atoms with Gasteiger partial charge >= 0.3 is 5.97 Å². The summed E-state index contributed by atoms with van der Waals surface area (Å²) in [6.07, 6.45) is 9.65. The van der Waals surface area contributed by atoms with Gasteiger partial charge in [-0.05, 0) is 12.3 Å². The normalized spacial score (nSPS) is 13.5. The number of carboxylic acids is 1. The first-order valence-corrected chi connectivity index (χ1v) is 9.44. The van der Waals surface area contributed by atoms with E-state index in [-0.39, 0.29) is 6.42 Å². The van der Waals surface area contributed by atoms with Crippen LogP contribution in [0.3, 0.4) is 0 Å². The number of unbranched alkanes of at least 4 members (excludes halogenated alkanes) is 7. The van der Waals surface area contributed by atoms with Gasteiger partial charge in [-0.25, -0.2) is 0 Å². The molecule has 0 bridgehead atoms. The molecule has 0 fully saturated rings. The van der Waals surface area contributed by atoms with E-state index in [2.05, 4.69) is 13.8 Å². The maximum Gasteiger partial charge on any atom is 0.324 e. The molecule has 0 aromatic heterocycles. The molecule has 0 radical (unpaired) electrons. The lowest BCUT2D eigenvalue weighted by Crippen LogP contribution is -2.29. The predicted octanol–water partition coefficient (Wildman–Crippen LogP) is 3.88. The molecule has 1 unspecified atom stereocenters. The highest BCUT2D eigenvalue weighted by molar-refractivity contribution is 7.87. The van der Waals surface area contributed by atoms with Crippen molar-refractivity contribution >= 4 is 16.1 Å². The van der Waals surface area contributed by atoms with Gasteiger partial charge in [0.05, 0.1) is 0 Å². The van der Waals surface area contributed by atoms with Crippen molar-refractivity contribution in [2.45, 2.75) is 83.3 Å². The second kappa shape index (κ2) is 11.0. The Kier molecular flexibility index (Phi) is 10.7. The van der Waals surface area contributed by atoms with Gasteiger partial charge in [-0.15, -0.1) is 0 Å². The molecule has 126 valence electrons. The minimum atomic E-state index is -4.48. The van der Waals surface area contributed by atoms with Gasteiger partial charge in [0, 0.05) is 0 Å². The quantitative estimate of drug-likeness (QED) is 0.396. The Hall–Kier alpha value is -0.620. The molecule has 2 N–H and O–H groups in total. The van der Waals surface area contributed by atoms with E-state index < -0.39 is 21.3 Å². The van der Waals surface area contributed by atoms with Crippen LogP contribution < -0.4 is 0 Å². The fraction of sp³-hybridized carbons (Fsp3) is 0.933. The molecule has 0 rings (SSSR count). The number of carboxylic acid groups (broad SMARTS) is 1. The number of carbonyl (C=O) groups is 1. The number of aliphatic carboxylic acids is 1. The summed E-state index contributed by atoms with van der Waals surface area (Å²) in [7, 11) is -4.48. The van der Waals surface area contributed by atoms with Gasteiger partial charge in [-0.2, -0.15) is 8.42 Å². The molecule has 6 heteroatoms. The van der Waals surface area contributed by atoms with Crippen LogP contribution in [0.15, 0.2) is 0 Å². The van der Waals surface area contributed by atoms with E-state index in [0.29, 0.717) is 6.42 Å². The van der Waals surface area contributed by atoms with E-state index in [4.69, 9.17) is 9.66 Å². The van der Waals surface area contributed by atoms with Crippen LogP contribution in [0.25, 0.3) is 0 Å². The van der Waals surface area contributed by atoms with Crippen molar-refractivity contribution in [1.29, 1.82) is 0 Å². The van der Waals surface area contributed by atoms with E-state index in [1.807, 2.05) is 0 Å². The first-order valence-electron chi connectivity index (χ1n) is 7.94. The molecule has 5 nitrogen and oxygen atoms in total. The highest BCUT2D eigenvalue weighted by atomic mass is 32.2. The molecule has 21 heavy (non-hydrogen) atoms. The van der Waals surface area contributed by atoms with Gasteiger partial charge in [0.2, 0.25) is 0 Å². The minimum absolute atomic E-state index is 0.0114. The number of rotatable bonds is 13. The van der Waals surface area contributed by atoms with Crippen LogP contribution in [0.4, 0.5) is 0 Å². The topological polar surface area (TPSA) is 91.7 Å². The summed E-state index contributed by atoms with van der Waals surface area (Å²) >= 11 is 0. The molecule has 0 aliphatic carbocycles. The Morgan fingerprint density at radius 2 is 1.24 bits per heavy atom. The summed E-state index contributed by atoms with van der Waals surface area (Å²) in [6, 6.07) is 0. The van der Waals surface area contributed by atoms with Crippen molar-refractivity contribution in [2.75, 3.05) is 0 Å². The molecule has 0 amide bonds. The van der Waals surface area contributed by atoms with Crippen molar-refractivity contribution in [2.24, 2.45) is 5.92 Å². The summed E-state index contributed by atoms with van der Waals surface area (Å²) in [6.45, 7) is 4.47. The van der Waals surface area contributed by atoms with Crippen molar-refractivity contribution < 1.29 is 22.9 Å². The summed E-state index contributed by atoms with van der Waals surface area (Å²) in [5, 5.41) is 7.06. The Balaban J connectivity index is 3.53. The van der Waals surface area contributed by atoms with Crippen LogP contribution >= 0.6 is 0 Å². The van der Waals surface area contributed by atoms with E-state index in [0.717, 1.165) is 25.2 Å². The van der Waals surface area contributed by atoms with E-state index >= 15 is 0 Å². The predicted molar refractivity (Wildman–Crippen MR) is 84.0 cm³/mol. The van der Waals surface area contributed by atoms with Crippen LogP contribution in [0.1, 0.15) is 78.1 Å². The third kappa shape index (κ3) is 11.7. The SMILES string of the molecule is CC(C)CCCCCCCCCCC(C(=O)O)S(=O)(=O)O. The fourth-order valence-corrected chi connectivity index (χ4v) is 3.06. The van der Waals surface area contributed by atoms with Crippen molar-refractivity contribution in [3.63, 3.8) is 0 Å². The largest absolute Gasteiger partial charge is 0.480 e. The first-order chi connectivity index (χ1) is 9.75. The fourth-order valence-electron chi connectivity index (χ4n) is 2.34. The standard InChI is InChI=1S/C15H30O5S/c1-13(2)11-9-7-5-3-4-6-8-10-12-14(15(16)17)21(18,19)20/h13-14H,3-12H2,1-2H3,(H,16,17)(H,18,19,20). The summed E-state index contributed by atoms with van der Waals surface area (Å²) < 4.78 is 30.5. The Morgan fingerprint density at radius 3 is 1.57 bits per heavy atom. The average Bonchev–Trinajstić information content (AvgIpc) is 2.33. The van der Waals surface area contributed by atoms with Crippen LogP contribution in [-0.4, -0.2) is 29.3 Å². The molecule has 0 saturated heterocycles. The molecule has 0 saturated carbocycles. The average molecular weight is 322 g/mol. The monoisotopic (exact) mass is 322 g/mol. The zero-order valence-electron chi connectivity index (χ0n) is 13.3. The molecule has 0 spiro atoms.